The number of aromatic nitrogens is 2. The Morgan fingerprint density at radius 2 is 2.20 bits per heavy atom. The van der Waals surface area contributed by atoms with E-state index in [-0.39, 0.29) is 6.10 Å². The second-order valence-corrected chi connectivity index (χ2v) is 6.41. The molecule has 25 heavy (non-hydrogen) atoms. The van der Waals surface area contributed by atoms with E-state index in [0.29, 0.717) is 19.0 Å². The lowest BCUT2D eigenvalue weighted by molar-refractivity contribution is 0.119. The number of thiazole rings is 1. The number of nitrogens with zero attached hydrogens (tertiary/aromatic N) is 4. The van der Waals surface area contributed by atoms with Gasteiger partial charge in [-0.25, -0.2) is 9.97 Å². The predicted molar refractivity (Wildman–Crippen MR) is 100.0 cm³/mol. The summed E-state index contributed by atoms with van der Waals surface area (Å²) < 4.78 is 10.4. The lowest BCUT2D eigenvalue weighted by Crippen LogP contribution is -2.38. The molecule has 0 saturated carbocycles. The lowest BCUT2D eigenvalue weighted by atomic mass is 10.3. The summed E-state index contributed by atoms with van der Waals surface area (Å²) >= 11 is 1.61. The van der Waals surface area contributed by atoms with E-state index < -0.39 is 0 Å². The van der Waals surface area contributed by atoms with E-state index in [9.17, 15) is 0 Å². The quantitative estimate of drug-likeness (QED) is 0.602. The maximum Gasteiger partial charge on any atom is 0.212 e. The fraction of sp³-hybridized carbons (Fsp3) is 0.471. The summed E-state index contributed by atoms with van der Waals surface area (Å²) in [6.07, 6.45) is 1.81. The Morgan fingerprint density at radius 3 is 2.80 bits per heavy atom. The maximum absolute atomic E-state index is 5.31. The standard InChI is InChI=1S/C17H25N5O2S/c1-12(23-4)16-21-14(11-25-16)10-22(3)17(18-2)20-9-13-6-7-15(24-5)19-8-13/h6-8,11-12H,9-10H2,1-5H3,(H,18,20). The summed E-state index contributed by atoms with van der Waals surface area (Å²) in [5.41, 5.74) is 2.06. The largest absolute Gasteiger partial charge is 0.481 e. The van der Waals surface area contributed by atoms with E-state index in [2.05, 4.69) is 25.7 Å². The summed E-state index contributed by atoms with van der Waals surface area (Å²) in [6, 6.07) is 3.82. The topological polar surface area (TPSA) is 71.9 Å². The van der Waals surface area contributed by atoms with Gasteiger partial charge >= 0.3 is 0 Å². The third-order valence-corrected chi connectivity index (χ3v) is 4.76. The highest BCUT2D eigenvalue weighted by Gasteiger charge is 2.12. The second kappa shape index (κ2) is 9.33. The third kappa shape index (κ3) is 5.40. The SMILES string of the molecule is CN=C(NCc1ccc(OC)nc1)N(C)Cc1csc(C(C)OC)n1. The molecule has 2 rings (SSSR count). The van der Waals surface area contributed by atoms with Crippen molar-refractivity contribution in [3.8, 4) is 5.88 Å². The van der Waals surface area contributed by atoms with Gasteiger partial charge < -0.3 is 19.7 Å². The Kier molecular flexibility index (Phi) is 7.15. The number of nitrogens with one attached hydrogen (secondary N) is 1. The van der Waals surface area contributed by atoms with Gasteiger partial charge in [-0.05, 0) is 12.5 Å². The van der Waals surface area contributed by atoms with E-state index in [1.54, 1.807) is 38.8 Å². The Bertz CT molecular complexity index is 687. The van der Waals surface area contributed by atoms with E-state index in [0.717, 1.165) is 22.2 Å². The number of aliphatic imine (C=N–C) groups is 1. The molecular weight excluding hydrogens is 338 g/mol. The summed E-state index contributed by atoms with van der Waals surface area (Å²) in [6.45, 7) is 3.31. The van der Waals surface area contributed by atoms with Gasteiger partial charge in [-0.15, -0.1) is 11.3 Å². The zero-order valence-electron chi connectivity index (χ0n) is 15.3. The average molecular weight is 363 g/mol. The Morgan fingerprint density at radius 1 is 1.40 bits per heavy atom. The number of methoxy groups -OCH3 is 2. The molecule has 0 bridgehead atoms. The zero-order valence-corrected chi connectivity index (χ0v) is 16.1. The average Bonchev–Trinajstić information content (AvgIpc) is 3.10. The molecular formula is C17H25N5O2S. The van der Waals surface area contributed by atoms with Crippen LogP contribution in [0.3, 0.4) is 0 Å². The number of pyridine rings is 1. The molecule has 2 heterocycles. The van der Waals surface area contributed by atoms with Gasteiger partial charge in [0.1, 0.15) is 11.1 Å². The molecule has 7 nitrogen and oxygen atoms in total. The van der Waals surface area contributed by atoms with Crippen molar-refractivity contribution < 1.29 is 9.47 Å². The summed E-state index contributed by atoms with van der Waals surface area (Å²) in [7, 11) is 7.05. The van der Waals surface area contributed by atoms with Gasteiger partial charge in [-0.1, -0.05) is 6.07 Å². The minimum Gasteiger partial charge on any atom is -0.481 e. The van der Waals surface area contributed by atoms with Gasteiger partial charge in [-0.2, -0.15) is 0 Å². The van der Waals surface area contributed by atoms with E-state index >= 15 is 0 Å². The van der Waals surface area contributed by atoms with Crippen LogP contribution in [0.1, 0.15) is 29.3 Å². The van der Waals surface area contributed by atoms with Gasteiger partial charge in [0.05, 0.1) is 19.3 Å². The van der Waals surface area contributed by atoms with Crippen molar-refractivity contribution in [3.05, 3.63) is 40.0 Å². The van der Waals surface area contributed by atoms with Crippen LogP contribution in [0.5, 0.6) is 5.88 Å². The molecule has 0 radical (unpaired) electrons. The molecule has 0 aliphatic heterocycles. The van der Waals surface area contributed by atoms with E-state index in [4.69, 9.17) is 9.47 Å². The molecule has 0 aliphatic carbocycles. The van der Waals surface area contributed by atoms with Crippen LogP contribution in [0.2, 0.25) is 0 Å². The van der Waals surface area contributed by atoms with Crippen LogP contribution in [0, 0.1) is 0 Å². The van der Waals surface area contributed by atoms with Crippen LogP contribution in [0.25, 0.3) is 0 Å². The zero-order chi connectivity index (χ0) is 18.2. The lowest BCUT2D eigenvalue weighted by Gasteiger charge is -2.21. The van der Waals surface area contributed by atoms with Crippen molar-refractivity contribution in [2.45, 2.75) is 26.1 Å². The Hall–Kier alpha value is -2.19. The van der Waals surface area contributed by atoms with Crippen LogP contribution in [0.4, 0.5) is 0 Å². The van der Waals surface area contributed by atoms with Crippen LogP contribution >= 0.6 is 11.3 Å². The molecule has 8 heteroatoms. The smallest absolute Gasteiger partial charge is 0.212 e. The molecule has 0 aromatic carbocycles. The van der Waals surface area contributed by atoms with Crippen molar-refractivity contribution in [1.82, 2.24) is 20.2 Å². The van der Waals surface area contributed by atoms with Crippen LogP contribution < -0.4 is 10.1 Å². The molecule has 0 amide bonds. The van der Waals surface area contributed by atoms with Gasteiger partial charge in [0.25, 0.3) is 0 Å². The number of guanidine groups is 1. The number of hydrogen-bond donors (Lipinski definition) is 1. The van der Waals surface area contributed by atoms with Crippen LogP contribution in [-0.2, 0) is 17.8 Å². The number of hydrogen-bond acceptors (Lipinski definition) is 6. The van der Waals surface area contributed by atoms with Crippen LogP contribution in [0.15, 0.2) is 28.7 Å². The normalized spacial score (nSPS) is 12.8. The molecule has 2 aromatic heterocycles. The summed E-state index contributed by atoms with van der Waals surface area (Å²) in [4.78, 5) is 15.2. The summed E-state index contributed by atoms with van der Waals surface area (Å²) in [5, 5.41) is 6.37. The molecule has 136 valence electrons. The van der Waals surface area contributed by atoms with Crippen molar-refractivity contribution in [2.75, 3.05) is 28.3 Å². The Balaban J connectivity index is 1.91. The molecule has 0 aliphatic rings. The monoisotopic (exact) mass is 363 g/mol. The number of ether oxygens (including phenoxy) is 2. The van der Waals surface area contributed by atoms with Crippen molar-refractivity contribution >= 4 is 17.3 Å². The van der Waals surface area contributed by atoms with Gasteiger partial charge in [0.2, 0.25) is 5.88 Å². The van der Waals surface area contributed by atoms with Gasteiger partial charge in [-0.3, -0.25) is 4.99 Å². The molecule has 1 N–H and O–H groups in total. The molecule has 0 spiro atoms. The number of rotatable bonds is 7. The molecule has 1 unspecified atom stereocenters. The van der Waals surface area contributed by atoms with E-state index in [1.165, 1.54) is 0 Å². The van der Waals surface area contributed by atoms with Crippen molar-refractivity contribution in [3.63, 3.8) is 0 Å². The second-order valence-electron chi connectivity index (χ2n) is 5.52. The van der Waals surface area contributed by atoms with Gasteiger partial charge in [0, 0.05) is 45.4 Å². The first-order valence-electron chi connectivity index (χ1n) is 7.95. The first kappa shape index (κ1) is 19.1. The third-order valence-electron chi connectivity index (χ3n) is 3.70. The first-order chi connectivity index (χ1) is 12.1. The van der Waals surface area contributed by atoms with Gasteiger partial charge in [0.15, 0.2) is 5.96 Å². The molecule has 0 fully saturated rings. The molecule has 1 atom stereocenters. The summed E-state index contributed by atoms with van der Waals surface area (Å²) in [5.74, 6) is 1.40. The van der Waals surface area contributed by atoms with Crippen molar-refractivity contribution in [1.29, 1.82) is 0 Å². The maximum atomic E-state index is 5.31. The highest BCUT2D eigenvalue weighted by molar-refractivity contribution is 7.09. The fourth-order valence-electron chi connectivity index (χ4n) is 2.20. The van der Waals surface area contributed by atoms with E-state index in [1.807, 2.05) is 31.0 Å². The fourth-order valence-corrected chi connectivity index (χ4v) is 3.04. The first-order valence-corrected chi connectivity index (χ1v) is 8.83. The minimum absolute atomic E-state index is 0.0177. The van der Waals surface area contributed by atoms with Crippen LogP contribution in [-0.4, -0.2) is 49.1 Å². The Labute approximate surface area is 152 Å². The minimum atomic E-state index is 0.0177. The highest BCUT2D eigenvalue weighted by Crippen LogP contribution is 2.20. The molecule has 0 saturated heterocycles. The molecule has 2 aromatic rings. The van der Waals surface area contributed by atoms with Crippen molar-refractivity contribution in [2.24, 2.45) is 4.99 Å². The highest BCUT2D eigenvalue weighted by atomic mass is 32.1. The predicted octanol–water partition coefficient (Wildman–Crippen LogP) is 2.46.